The predicted molar refractivity (Wildman–Crippen MR) is 131 cm³/mol. The van der Waals surface area contributed by atoms with Gasteiger partial charge in [0.15, 0.2) is 5.96 Å². The molecule has 0 bridgehead atoms. The van der Waals surface area contributed by atoms with Crippen LogP contribution in [0.15, 0.2) is 29.3 Å². The second-order valence-electron chi connectivity index (χ2n) is 7.39. The van der Waals surface area contributed by atoms with Crippen molar-refractivity contribution in [3.05, 3.63) is 51.8 Å². The van der Waals surface area contributed by atoms with Crippen LogP contribution in [0.25, 0.3) is 0 Å². The number of benzene rings is 1. The predicted octanol–water partition coefficient (Wildman–Crippen LogP) is 3.81. The van der Waals surface area contributed by atoms with Crippen molar-refractivity contribution in [2.24, 2.45) is 12.0 Å². The molecule has 2 N–H and O–H groups in total. The van der Waals surface area contributed by atoms with Gasteiger partial charge in [-0.3, -0.25) is 14.6 Å². The molecule has 0 radical (unpaired) electrons. The summed E-state index contributed by atoms with van der Waals surface area (Å²) in [6, 6.07) is 8.47. The first-order valence-electron chi connectivity index (χ1n) is 9.92. The summed E-state index contributed by atoms with van der Waals surface area (Å²) in [5, 5.41) is 12.2. The zero-order chi connectivity index (χ0) is 20.1. The van der Waals surface area contributed by atoms with Crippen molar-refractivity contribution in [1.29, 1.82) is 0 Å². The van der Waals surface area contributed by atoms with Gasteiger partial charge in [0.05, 0.1) is 11.7 Å². The molecule has 1 aliphatic rings. The highest BCUT2D eigenvalue weighted by Gasteiger charge is 2.24. The quantitative estimate of drug-likeness (QED) is 0.339. The van der Waals surface area contributed by atoms with Crippen LogP contribution in [0.2, 0.25) is 5.02 Å². The number of likely N-dealkylation sites (tertiary alicyclic amines) is 1. The Labute approximate surface area is 196 Å². The number of aryl methyl sites for hydroxylation is 2. The summed E-state index contributed by atoms with van der Waals surface area (Å²) in [6.45, 7) is 7.87. The molecule has 8 heteroatoms. The van der Waals surface area contributed by atoms with Crippen LogP contribution in [-0.2, 0) is 13.6 Å². The van der Waals surface area contributed by atoms with Crippen LogP contribution in [0.3, 0.4) is 0 Å². The summed E-state index contributed by atoms with van der Waals surface area (Å²) in [5.74, 6) is 0.800. The van der Waals surface area contributed by atoms with Gasteiger partial charge in [-0.1, -0.05) is 23.7 Å². The summed E-state index contributed by atoms with van der Waals surface area (Å²) in [7, 11) is 3.78. The van der Waals surface area contributed by atoms with Crippen molar-refractivity contribution in [1.82, 2.24) is 25.3 Å². The molecule has 0 saturated carbocycles. The monoisotopic (exact) mass is 530 g/mol. The number of nitrogens with zero attached hydrogens (tertiary/aromatic N) is 4. The molecule has 1 unspecified atom stereocenters. The molecule has 1 aromatic carbocycles. The number of hydrogen-bond acceptors (Lipinski definition) is 3. The highest BCUT2D eigenvalue weighted by Crippen LogP contribution is 2.26. The van der Waals surface area contributed by atoms with Gasteiger partial charge in [-0.05, 0) is 57.5 Å². The molecule has 2 aromatic rings. The fourth-order valence-corrected chi connectivity index (χ4v) is 4.08. The molecule has 29 heavy (non-hydrogen) atoms. The average Bonchev–Trinajstić information content (AvgIpc) is 3.28. The third-order valence-corrected chi connectivity index (χ3v) is 5.83. The van der Waals surface area contributed by atoms with E-state index in [1.165, 1.54) is 29.7 Å². The third-order valence-electron chi connectivity index (χ3n) is 5.59. The van der Waals surface area contributed by atoms with Gasteiger partial charge in [0, 0.05) is 43.5 Å². The smallest absolute Gasteiger partial charge is 0.191 e. The van der Waals surface area contributed by atoms with E-state index in [1.807, 2.05) is 37.8 Å². The molecule has 3 rings (SSSR count). The first-order valence-corrected chi connectivity index (χ1v) is 10.3. The van der Waals surface area contributed by atoms with Crippen LogP contribution >= 0.6 is 35.6 Å². The summed E-state index contributed by atoms with van der Waals surface area (Å²) in [4.78, 5) is 6.93. The Balaban J connectivity index is 0.00000300. The standard InChI is InChI=1S/C21H31ClN6.HI/c1-15-19(16(2)27(4)26-15)13-24-21(23-3)25-14-20(28-10-5-6-11-28)17-8-7-9-18(22)12-17;/h7-9,12,20H,5-6,10-11,13-14H2,1-4H3,(H2,23,24,25);1H. The Hall–Kier alpha value is -1.32. The summed E-state index contributed by atoms with van der Waals surface area (Å²) in [6.07, 6.45) is 2.51. The van der Waals surface area contributed by atoms with E-state index in [0.717, 1.165) is 36.3 Å². The largest absolute Gasteiger partial charge is 0.354 e. The van der Waals surface area contributed by atoms with E-state index in [9.17, 15) is 0 Å². The topological polar surface area (TPSA) is 57.5 Å². The Kier molecular flexibility index (Phi) is 9.23. The first-order chi connectivity index (χ1) is 13.5. The van der Waals surface area contributed by atoms with Crippen molar-refractivity contribution in [3.63, 3.8) is 0 Å². The van der Waals surface area contributed by atoms with Gasteiger partial charge >= 0.3 is 0 Å². The van der Waals surface area contributed by atoms with Crippen LogP contribution in [-0.4, -0.2) is 47.3 Å². The highest BCUT2D eigenvalue weighted by molar-refractivity contribution is 14.0. The maximum Gasteiger partial charge on any atom is 0.191 e. The fourth-order valence-electron chi connectivity index (χ4n) is 3.88. The Morgan fingerprint density at radius 2 is 1.97 bits per heavy atom. The SMILES string of the molecule is CN=C(NCc1c(C)nn(C)c1C)NCC(c1cccc(Cl)c1)N1CCCC1.I. The number of hydrogen-bond donors (Lipinski definition) is 2. The summed E-state index contributed by atoms with van der Waals surface area (Å²) >= 11 is 6.25. The van der Waals surface area contributed by atoms with Crippen molar-refractivity contribution < 1.29 is 0 Å². The first kappa shape index (κ1) is 24.0. The number of nitrogens with one attached hydrogen (secondary N) is 2. The number of rotatable bonds is 6. The van der Waals surface area contributed by atoms with Crippen molar-refractivity contribution >= 4 is 41.5 Å². The van der Waals surface area contributed by atoms with E-state index in [4.69, 9.17) is 11.6 Å². The molecule has 0 spiro atoms. The van der Waals surface area contributed by atoms with Crippen LogP contribution in [0.4, 0.5) is 0 Å². The lowest BCUT2D eigenvalue weighted by Crippen LogP contribution is -2.42. The van der Waals surface area contributed by atoms with Gasteiger partial charge in [0.2, 0.25) is 0 Å². The van der Waals surface area contributed by atoms with Crippen molar-refractivity contribution in [3.8, 4) is 0 Å². The molecular formula is C21H32ClIN6. The zero-order valence-electron chi connectivity index (χ0n) is 17.7. The summed E-state index contributed by atoms with van der Waals surface area (Å²) < 4.78 is 1.92. The normalized spacial score (nSPS) is 15.8. The lowest BCUT2D eigenvalue weighted by molar-refractivity contribution is 0.245. The number of halogens is 2. The van der Waals surface area contributed by atoms with E-state index in [0.29, 0.717) is 6.54 Å². The molecule has 1 atom stereocenters. The molecule has 1 aromatic heterocycles. The minimum atomic E-state index is 0. The third kappa shape index (κ3) is 6.08. The number of aromatic nitrogens is 2. The molecule has 1 fully saturated rings. The van der Waals surface area contributed by atoms with Crippen molar-refractivity contribution in [2.75, 3.05) is 26.7 Å². The van der Waals surface area contributed by atoms with Gasteiger partial charge in [0.25, 0.3) is 0 Å². The molecule has 2 heterocycles. The van der Waals surface area contributed by atoms with Crippen LogP contribution in [0.1, 0.15) is 41.4 Å². The molecule has 160 valence electrons. The minimum Gasteiger partial charge on any atom is -0.354 e. The van der Waals surface area contributed by atoms with Crippen LogP contribution in [0, 0.1) is 13.8 Å². The molecule has 0 amide bonds. The van der Waals surface area contributed by atoms with Gasteiger partial charge in [0.1, 0.15) is 0 Å². The minimum absolute atomic E-state index is 0. The number of aliphatic imine (C=N–C) groups is 1. The summed E-state index contributed by atoms with van der Waals surface area (Å²) in [5.41, 5.74) is 4.69. The fraction of sp³-hybridized carbons (Fsp3) is 0.524. The average molecular weight is 531 g/mol. The Bertz CT molecular complexity index is 829. The molecule has 1 saturated heterocycles. The van der Waals surface area contributed by atoms with E-state index >= 15 is 0 Å². The molecule has 1 aliphatic heterocycles. The highest BCUT2D eigenvalue weighted by atomic mass is 127. The second kappa shape index (κ2) is 11.2. The van der Waals surface area contributed by atoms with Crippen molar-refractivity contribution in [2.45, 2.75) is 39.3 Å². The van der Waals surface area contributed by atoms with E-state index in [2.05, 4.69) is 44.7 Å². The van der Waals surface area contributed by atoms with Crippen LogP contribution in [0.5, 0.6) is 0 Å². The molecule has 6 nitrogen and oxygen atoms in total. The lowest BCUT2D eigenvalue weighted by atomic mass is 10.1. The van der Waals surface area contributed by atoms with E-state index in [-0.39, 0.29) is 30.0 Å². The van der Waals surface area contributed by atoms with Gasteiger partial charge < -0.3 is 10.6 Å². The maximum absolute atomic E-state index is 6.25. The second-order valence-corrected chi connectivity index (χ2v) is 7.83. The Morgan fingerprint density at radius 1 is 1.24 bits per heavy atom. The maximum atomic E-state index is 6.25. The van der Waals surface area contributed by atoms with E-state index in [1.54, 1.807) is 0 Å². The van der Waals surface area contributed by atoms with Gasteiger partial charge in [-0.25, -0.2) is 0 Å². The molecule has 0 aliphatic carbocycles. The zero-order valence-corrected chi connectivity index (χ0v) is 20.8. The van der Waals surface area contributed by atoms with Crippen LogP contribution < -0.4 is 10.6 Å². The lowest BCUT2D eigenvalue weighted by Gasteiger charge is -2.29. The van der Waals surface area contributed by atoms with E-state index < -0.39 is 0 Å². The molecular weight excluding hydrogens is 499 g/mol. The van der Waals surface area contributed by atoms with Gasteiger partial charge in [-0.15, -0.1) is 24.0 Å². The van der Waals surface area contributed by atoms with Gasteiger partial charge in [-0.2, -0.15) is 5.10 Å². The Morgan fingerprint density at radius 3 is 2.55 bits per heavy atom. The number of guanidine groups is 1.